The maximum Gasteiger partial charge on any atom is 0.506 e. The molecule has 0 radical (unpaired) electrons. The summed E-state index contributed by atoms with van der Waals surface area (Å²) in [5, 5.41) is 0. The van der Waals surface area contributed by atoms with Gasteiger partial charge >= 0.3 is 18.2 Å². The standard InChI is InChI=1S/C16H20N.BrH.Mg/c1-2-5-14(6-3-1)13-15-9-11-17(12-10-15)16-7-4-8-16;;/h2-3,5-6,13,16H,4,7-12H2;1H;/q;;+1/p-1. The van der Waals surface area contributed by atoms with Gasteiger partial charge in [-0.2, -0.15) is 3.69 Å². The van der Waals surface area contributed by atoms with Gasteiger partial charge in [0.2, 0.25) is 0 Å². The molecule has 3 heteroatoms. The lowest BCUT2D eigenvalue weighted by Gasteiger charge is -2.40. The molecule has 0 bridgehead atoms. The number of hydrogen-bond acceptors (Lipinski definition) is 1. The van der Waals surface area contributed by atoms with Crippen LogP contribution in [0.25, 0.3) is 6.08 Å². The van der Waals surface area contributed by atoms with Crippen molar-refractivity contribution in [3.8, 4) is 0 Å². The van der Waals surface area contributed by atoms with Crippen LogP contribution >= 0.6 is 12.9 Å². The molecule has 0 aromatic heterocycles. The largest absolute Gasteiger partial charge is 0.506 e. The highest BCUT2D eigenvalue weighted by molar-refractivity contribution is 9.23. The van der Waals surface area contributed by atoms with Crippen LogP contribution in [0.1, 0.15) is 37.7 Å². The Kier molecular flexibility index (Phi) is 5.01. The lowest BCUT2D eigenvalue weighted by molar-refractivity contribution is 0.118. The van der Waals surface area contributed by atoms with E-state index in [9.17, 15) is 0 Å². The molecule has 2 aliphatic rings. The molecule has 0 amide bonds. The molecule has 1 aliphatic carbocycles. The zero-order valence-electron chi connectivity index (χ0n) is 11.4. The van der Waals surface area contributed by atoms with Crippen molar-refractivity contribution in [2.24, 2.45) is 0 Å². The van der Waals surface area contributed by atoms with Crippen molar-refractivity contribution in [3.63, 3.8) is 0 Å². The first-order chi connectivity index (χ1) is 9.35. The summed E-state index contributed by atoms with van der Waals surface area (Å²) in [4.78, 5) is 2.71. The predicted molar refractivity (Wildman–Crippen MR) is 87.2 cm³/mol. The molecule has 3 rings (SSSR count). The Balaban J connectivity index is 1.58. The summed E-state index contributed by atoms with van der Waals surface area (Å²) in [7, 11) is 0. The van der Waals surface area contributed by atoms with Crippen molar-refractivity contribution < 1.29 is 0 Å². The van der Waals surface area contributed by atoms with Crippen LogP contribution < -0.4 is 3.69 Å². The van der Waals surface area contributed by atoms with E-state index in [0.717, 1.165) is 6.04 Å². The summed E-state index contributed by atoms with van der Waals surface area (Å²) in [6.45, 7) is 2.56. The van der Waals surface area contributed by atoms with E-state index in [-0.39, 0.29) is 18.2 Å². The van der Waals surface area contributed by atoms with Gasteiger partial charge in [0.15, 0.2) is 0 Å². The molecule has 1 saturated carbocycles. The second-order valence-electron chi connectivity index (χ2n) is 5.80. The Morgan fingerprint density at radius 3 is 2.32 bits per heavy atom. The highest BCUT2D eigenvalue weighted by Crippen LogP contribution is 2.29. The molecule has 0 N–H and O–H groups in total. The molecule has 19 heavy (non-hydrogen) atoms. The summed E-state index contributed by atoms with van der Waals surface area (Å²) in [5.74, 6) is 0. The van der Waals surface area contributed by atoms with Crippen LogP contribution in [-0.4, -0.2) is 42.2 Å². The first-order valence-electron chi connectivity index (χ1n) is 7.43. The van der Waals surface area contributed by atoms with Crippen LogP contribution in [-0.2, 0) is 0 Å². The van der Waals surface area contributed by atoms with Crippen LogP contribution in [0, 0.1) is 0 Å². The number of halogens is 1. The quantitative estimate of drug-likeness (QED) is 0.768. The van der Waals surface area contributed by atoms with Gasteiger partial charge in [-0.3, -0.25) is 17.8 Å². The first kappa shape index (κ1) is 14.1. The molecule has 1 nitrogen and oxygen atoms in total. The van der Waals surface area contributed by atoms with Crippen LogP contribution in [0.15, 0.2) is 29.8 Å². The third-order valence-corrected chi connectivity index (χ3v) is 7.26. The lowest BCUT2D eigenvalue weighted by Crippen LogP contribution is -2.43. The number of hydrogen-bond donors (Lipinski definition) is 0. The second-order valence-corrected chi connectivity index (χ2v) is 8.56. The Bertz CT molecular complexity index is 440. The van der Waals surface area contributed by atoms with E-state index < -0.39 is 0 Å². The number of rotatable bonds is 3. The zero-order chi connectivity index (χ0) is 13.1. The zero-order valence-corrected chi connectivity index (χ0v) is 14.4. The van der Waals surface area contributed by atoms with Crippen molar-refractivity contribution in [3.05, 3.63) is 35.4 Å². The number of nitrogens with zero attached hydrogens (tertiary/aromatic N) is 1. The lowest BCUT2D eigenvalue weighted by atomic mass is 9.89. The molecule has 0 unspecified atom stereocenters. The third kappa shape index (κ3) is 3.63. The van der Waals surface area contributed by atoms with Crippen LogP contribution in [0.4, 0.5) is 0 Å². The van der Waals surface area contributed by atoms with E-state index in [2.05, 4.69) is 48.1 Å². The minimum Gasteiger partial charge on any atom is -0.300 e. The van der Waals surface area contributed by atoms with Gasteiger partial charge in [0.1, 0.15) is 0 Å². The SMILES string of the molecule is [Br][Mg][c]1ccc(C=C2CCN(C3CCC3)CC2)cc1. The highest BCUT2D eigenvalue weighted by atomic mass is 79.9. The number of benzene rings is 1. The molecule has 1 aliphatic heterocycles. The van der Waals surface area contributed by atoms with Gasteiger partial charge in [0.25, 0.3) is 0 Å². The Morgan fingerprint density at radius 1 is 1.11 bits per heavy atom. The summed E-state index contributed by atoms with van der Waals surface area (Å²) < 4.78 is 1.49. The van der Waals surface area contributed by atoms with Gasteiger partial charge in [-0.1, -0.05) is 42.3 Å². The fraction of sp³-hybridized carbons (Fsp3) is 0.500. The molecule has 0 spiro atoms. The fourth-order valence-corrected chi connectivity index (χ4v) is 4.55. The summed E-state index contributed by atoms with van der Waals surface area (Å²) >= 11 is 3.45. The van der Waals surface area contributed by atoms with E-state index >= 15 is 0 Å². The van der Waals surface area contributed by atoms with E-state index in [1.165, 1.54) is 54.4 Å². The topological polar surface area (TPSA) is 3.24 Å². The molecular weight excluding hydrogens is 310 g/mol. The van der Waals surface area contributed by atoms with E-state index in [1.807, 2.05) is 0 Å². The summed E-state index contributed by atoms with van der Waals surface area (Å²) in [6, 6.07) is 10.0. The van der Waals surface area contributed by atoms with Crippen molar-refractivity contribution in [2.45, 2.75) is 38.1 Å². The van der Waals surface area contributed by atoms with Gasteiger partial charge in [-0.15, -0.1) is 0 Å². The van der Waals surface area contributed by atoms with E-state index in [4.69, 9.17) is 0 Å². The molecular formula is C16H20BrMgN. The van der Waals surface area contributed by atoms with E-state index in [1.54, 1.807) is 5.57 Å². The molecule has 2 fully saturated rings. The maximum atomic E-state index is 3.63. The Hall–Kier alpha value is 0.166. The average molecular weight is 331 g/mol. The van der Waals surface area contributed by atoms with Crippen LogP contribution in [0.2, 0.25) is 0 Å². The van der Waals surface area contributed by atoms with Crippen molar-refractivity contribution in [2.75, 3.05) is 13.1 Å². The predicted octanol–water partition coefficient (Wildman–Crippen LogP) is 3.36. The molecule has 1 heterocycles. The molecule has 98 valence electrons. The van der Waals surface area contributed by atoms with Crippen molar-refractivity contribution in [1.82, 2.24) is 4.90 Å². The van der Waals surface area contributed by atoms with Crippen LogP contribution in [0.5, 0.6) is 0 Å². The third-order valence-electron chi connectivity index (χ3n) is 4.54. The monoisotopic (exact) mass is 329 g/mol. The van der Waals surface area contributed by atoms with Crippen molar-refractivity contribution >= 4 is 40.8 Å². The highest BCUT2D eigenvalue weighted by Gasteiger charge is 2.26. The summed E-state index contributed by atoms with van der Waals surface area (Å²) in [6.07, 6.45) is 9.29. The number of likely N-dealkylation sites (tertiary alicyclic amines) is 1. The molecule has 1 saturated heterocycles. The van der Waals surface area contributed by atoms with E-state index in [0.29, 0.717) is 0 Å². The maximum absolute atomic E-state index is 3.63. The second kappa shape index (κ2) is 6.75. The molecule has 1 aromatic carbocycles. The smallest absolute Gasteiger partial charge is 0.300 e. The minimum atomic E-state index is -0.183. The van der Waals surface area contributed by atoms with Crippen molar-refractivity contribution in [1.29, 1.82) is 0 Å². The van der Waals surface area contributed by atoms with Gasteiger partial charge in [0.05, 0.1) is 0 Å². The minimum absolute atomic E-state index is 0.183. The molecule has 1 aromatic rings. The van der Waals surface area contributed by atoms with Gasteiger partial charge in [0, 0.05) is 19.1 Å². The average Bonchev–Trinajstić information content (AvgIpc) is 2.40. The Labute approximate surface area is 132 Å². The molecule has 0 atom stereocenters. The first-order valence-corrected chi connectivity index (χ1v) is 12.0. The summed E-state index contributed by atoms with van der Waals surface area (Å²) in [5.41, 5.74) is 3.02. The number of piperidine rings is 1. The van der Waals surface area contributed by atoms with Gasteiger partial charge < -0.3 is 0 Å². The Morgan fingerprint density at radius 2 is 1.79 bits per heavy atom. The normalized spacial score (nSPS) is 20.8. The van der Waals surface area contributed by atoms with Gasteiger partial charge in [-0.05, 0) is 31.2 Å². The fourth-order valence-electron chi connectivity index (χ4n) is 3.01. The van der Waals surface area contributed by atoms with Crippen LogP contribution in [0.3, 0.4) is 0 Å². The van der Waals surface area contributed by atoms with Gasteiger partial charge in [-0.25, -0.2) is 0 Å².